The molecular weight excluding hydrogens is 374 g/mol. The molecule has 0 bridgehead atoms. The summed E-state index contributed by atoms with van der Waals surface area (Å²) in [5.74, 6) is -0.434. The minimum atomic E-state index is -0.872. The number of benzene rings is 3. The van der Waals surface area contributed by atoms with Crippen molar-refractivity contribution in [3.05, 3.63) is 77.4 Å². The average Bonchev–Trinajstić information content (AvgIpc) is 2.77. The Morgan fingerprint density at radius 3 is 2.80 bits per heavy atom. The topological polar surface area (TPSA) is 49.8 Å². The second kappa shape index (κ2) is 8.88. The molecule has 1 saturated heterocycles. The van der Waals surface area contributed by atoms with Crippen molar-refractivity contribution < 1.29 is 14.6 Å². The van der Waals surface area contributed by atoms with Gasteiger partial charge in [-0.2, -0.15) is 0 Å². The molecule has 1 heterocycles. The number of hydrogen-bond acceptors (Lipinski definition) is 3. The maximum atomic E-state index is 11.6. The van der Waals surface area contributed by atoms with Crippen molar-refractivity contribution in [1.29, 1.82) is 0 Å². The summed E-state index contributed by atoms with van der Waals surface area (Å²) < 4.78 is 5.79. The first-order chi connectivity index (χ1) is 14.5. The first-order valence-corrected chi connectivity index (χ1v) is 10.7. The van der Waals surface area contributed by atoms with E-state index >= 15 is 0 Å². The van der Waals surface area contributed by atoms with Crippen molar-refractivity contribution in [3.8, 4) is 0 Å². The number of aromatic carboxylic acids is 1. The number of carboxylic acid groups (broad SMARTS) is 1. The van der Waals surface area contributed by atoms with Crippen molar-refractivity contribution in [2.75, 3.05) is 24.7 Å². The summed E-state index contributed by atoms with van der Waals surface area (Å²) in [5.41, 5.74) is 3.53. The van der Waals surface area contributed by atoms with E-state index in [9.17, 15) is 9.90 Å². The number of carbonyl (C=O) groups is 1. The first kappa shape index (κ1) is 20.4. The lowest BCUT2D eigenvalue weighted by molar-refractivity contribution is 0.0696. The zero-order valence-corrected chi connectivity index (χ0v) is 17.7. The normalized spacial score (nSPS) is 17.8. The molecule has 1 fully saturated rings. The van der Waals surface area contributed by atoms with Gasteiger partial charge in [0.05, 0.1) is 24.8 Å². The van der Waals surface area contributed by atoms with Crippen LogP contribution in [0.1, 0.15) is 47.2 Å². The van der Waals surface area contributed by atoms with Crippen molar-refractivity contribution >= 4 is 22.4 Å². The number of hydrogen-bond donors (Lipinski definition) is 1. The van der Waals surface area contributed by atoms with Crippen LogP contribution in [0, 0.1) is 6.92 Å². The van der Waals surface area contributed by atoms with Gasteiger partial charge in [0.2, 0.25) is 0 Å². The van der Waals surface area contributed by atoms with Crippen molar-refractivity contribution in [2.24, 2.45) is 0 Å². The molecule has 0 radical (unpaired) electrons. The third-order valence-electron chi connectivity index (χ3n) is 6.30. The first-order valence-electron chi connectivity index (χ1n) is 10.7. The van der Waals surface area contributed by atoms with E-state index in [0.29, 0.717) is 24.7 Å². The van der Waals surface area contributed by atoms with Crippen molar-refractivity contribution in [1.82, 2.24) is 0 Å². The molecule has 3 aromatic rings. The second-order valence-electron chi connectivity index (χ2n) is 8.27. The largest absolute Gasteiger partial charge is 0.478 e. The van der Waals surface area contributed by atoms with Crippen LogP contribution in [-0.4, -0.2) is 36.9 Å². The standard InChI is InChI=1S/C26H29NO3/c1-18(23-9-5-7-20-6-3-4-8-24(20)23)11-13-22-17-30-15-14-27(22)21-12-10-19(2)25(16-21)26(28)29/h3-10,12,16,18,22H,11,13-15,17H2,1-2H3,(H,28,29)/t18-,22?/m0/s1. The van der Waals surface area contributed by atoms with E-state index in [1.807, 2.05) is 25.1 Å². The van der Waals surface area contributed by atoms with Gasteiger partial charge in [-0.3, -0.25) is 0 Å². The molecule has 1 aliphatic rings. The Kier molecular flexibility index (Phi) is 6.05. The molecule has 30 heavy (non-hydrogen) atoms. The van der Waals surface area contributed by atoms with E-state index < -0.39 is 5.97 Å². The van der Waals surface area contributed by atoms with Crippen LogP contribution in [0.25, 0.3) is 10.8 Å². The fourth-order valence-corrected chi connectivity index (χ4v) is 4.53. The zero-order valence-electron chi connectivity index (χ0n) is 17.7. The number of nitrogens with zero attached hydrogens (tertiary/aromatic N) is 1. The molecule has 4 nitrogen and oxygen atoms in total. The summed E-state index contributed by atoms with van der Waals surface area (Å²) in [6.45, 7) is 6.28. The lowest BCUT2D eigenvalue weighted by Gasteiger charge is -2.38. The molecule has 156 valence electrons. The van der Waals surface area contributed by atoms with Gasteiger partial charge in [0.15, 0.2) is 0 Å². The highest BCUT2D eigenvalue weighted by atomic mass is 16.5. The summed E-state index contributed by atoms with van der Waals surface area (Å²) in [4.78, 5) is 13.9. The Labute approximate surface area is 178 Å². The third kappa shape index (κ3) is 4.19. The number of carboxylic acids is 1. The summed E-state index contributed by atoms with van der Waals surface area (Å²) in [6, 6.07) is 21.1. The highest BCUT2D eigenvalue weighted by molar-refractivity contribution is 5.90. The maximum Gasteiger partial charge on any atom is 0.336 e. The number of ether oxygens (including phenoxy) is 1. The molecule has 0 aliphatic carbocycles. The molecule has 0 amide bonds. The summed E-state index contributed by atoms with van der Waals surface area (Å²) in [5, 5.41) is 12.1. The molecule has 0 aromatic heterocycles. The average molecular weight is 404 g/mol. The Bertz CT molecular complexity index is 1040. The molecule has 2 atom stereocenters. The van der Waals surface area contributed by atoms with E-state index in [1.54, 1.807) is 0 Å². The third-order valence-corrected chi connectivity index (χ3v) is 6.30. The van der Waals surface area contributed by atoms with Crippen LogP contribution in [-0.2, 0) is 4.74 Å². The van der Waals surface area contributed by atoms with E-state index in [0.717, 1.165) is 30.6 Å². The van der Waals surface area contributed by atoms with Crippen molar-refractivity contribution in [2.45, 2.75) is 38.6 Å². The molecule has 1 aliphatic heterocycles. The minimum absolute atomic E-state index is 0.250. The lowest BCUT2D eigenvalue weighted by Crippen LogP contribution is -2.45. The molecular formula is C26H29NO3. The zero-order chi connectivity index (χ0) is 21.1. The number of fused-ring (bicyclic) bond motifs is 1. The highest BCUT2D eigenvalue weighted by Crippen LogP contribution is 2.31. The fourth-order valence-electron chi connectivity index (χ4n) is 4.53. The monoisotopic (exact) mass is 403 g/mol. The van der Waals surface area contributed by atoms with Gasteiger partial charge in [0.1, 0.15) is 0 Å². The fraction of sp³-hybridized carbons (Fsp3) is 0.346. The van der Waals surface area contributed by atoms with Gasteiger partial charge in [-0.15, -0.1) is 0 Å². The number of anilines is 1. The van der Waals surface area contributed by atoms with Crippen LogP contribution in [0.5, 0.6) is 0 Å². The smallest absolute Gasteiger partial charge is 0.336 e. The van der Waals surface area contributed by atoms with Crippen LogP contribution in [0.15, 0.2) is 60.7 Å². The van der Waals surface area contributed by atoms with E-state index in [4.69, 9.17) is 4.74 Å². The summed E-state index contributed by atoms with van der Waals surface area (Å²) in [6.07, 6.45) is 2.05. The summed E-state index contributed by atoms with van der Waals surface area (Å²) in [7, 11) is 0. The molecule has 4 rings (SSSR count). The number of morpholine rings is 1. The molecule has 1 N–H and O–H groups in total. The Balaban J connectivity index is 1.51. The van der Waals surface area contributed by atoms with Gasteiger partial charge in [0, 0.05) is 12.2 Å². The van der Waals surface area contributed by atoms with E-state index in [2.05, 4.69) is 54.3 Å². The molecule has 0 saturated carbocycles. The van der Waals surface area contributed by atoms with E-state index in [1.165, 1.54) is 16.3 Å². The van der Waals surface area contributed by atoms with Crippen LogP contribution in [0.4, 0.5) is 5.69 Å². The Morgan fingerprint density at radius 2 is 1.97 bits per heavy atom. The maximum absolute atomic E-state index is 11.6. The predicted octanol–water partition coefficient (Wildman–Crippen LogP) is 5.64. The molecule has 4 heteroatoms. The van der Waals surface area contributed by atoms with Crippen molar-refractivity contribution in [3.63, 3.8) is 0 Å². The Hall–Kier alpha value is -2.85. The summed E-state index contributed by atoms with van der Waals surface area (Å²) >= 11 is 0. The SMILES string of the molecule is Cc1ccc(N2CCOCC2CC[C@H](C)c2cccc3ccccc23)cc1C(=O)O. The van der Waals surface area contributed by atoms with Crippen LogP contribution in [0.3, 0.4) is 0 Å². The molecule has 3 aromatic carbocycles. The minimum Gasteiger partial charge on any atom is -0.478 e. The second-order valence-corrected chi connectivity index (χ2v) is 8.27. The van der Waals surface area contributed by atoms with Crippen LogP contribution in [0.2, 0.25) is 0 Å². The lowest BCUT2D eigenvalue weighted by atomic mass is 9.90. The predicted molar refractivity (Wildman–Crippen MR) is 122 cm³/mol. The van der Waals surface area contributed by atoms with Gasteiger partial charge in [0.25, 0.3) is 0 Å². The van der Waals surface area contributed by atoms with Gasteiger partial charge in [-0.1, -0.05) is 55.5 Å². The van der Waals surface area contributed by atoms with Gasteiger partial charge in [-0.05, 0) is 59.7 Å². The van der Waals surface area contributed by atoms with Gasteiger partial charge >= 0.3 is 5.97 Å². The van der Waals surface area contributed by atoms with Gasteiger partial charge < -0.3 is 14.7 Å². The number of rotatable bonds is 6. The Morgan fingerprint density at radius 1 is 1.17 bits per heavy atom. The number of aryl methyl sites for hydroxylation is 1. The van der Waals surface area contributed by atoms with Crippen LogP contribution >= 0.6 is 0 Å². The quantitative estimate of drug-likeness (QED) is 0.579. The van der Waals surface area contributed by atoms with E-state index in [-0.39, 0.29) is 6.04 Å². The highest BCUT2D eigenvalue weighted by Gasteiger charge is 2.25. The molecule has 0 spiro atoms. The molecule has 1 unspecified atom stereocenters. The van der Waals surface area contributed by atoms with Crippen LogP contribution < -0.4 is 4.90 Å². The van der Waals surface area contributed by atoms with Gasteiger partial charge in [-0.25, -0.2) is 4.79 Å².